The van der Waals surface area contributed by atoms with Crippen molar-refractivity contribution in [2.45, 2.75) is 12.8 Å². The largest absolute Gasteiger partial charge is 0.495 e. The van der Waals surface area contributed by atoms with Crippen LogP contribution in [-0.2, 0) is 4.79 Å². The minimum absolute atomic E-state index is 0.00112. The van der Waals surface area contributed by atoms with Gasteiger partial charge in [0.1, 0.15) is 12.0 Å². The average molecular weight is 397 g/mol. The third kappa shape index (κ3) is 4.09. The second-order valence-corrected chi connectivity index (χ2v) is 7.56. The topological polar surface area (TPSA) is 66.2 Å². The minimum Gasteiger partial charge on any atom is -0.495 e. The zero-order valence-electron chi connectivity index (χ0n) is 16.8. The summed E-state index contributed by atoms with van der Waals surface area (Å²) in [4.78, 5) is 31.5. The van der Waals surface area contributed by atoms with Gasteiger partial charge in [-0.2, -0.15) is 0 Å². The van der Waals surface area contributed by atoms with Crippen LogP contribution in [0.15, 0.2) is 47.3 Å². The first-order chi connectivity index (χ1) is 14.2. The van der Waals surface area contributed by atoms with E-state index in [0.29, 0.717) is 31.7 Å². The Labute approximate surface area is 170 Å². The quantitative estimate of drug-likeness (QED) is 0.793. The zero-order chi connectivity index (χ0) is 20.2. The molecule has 1 aromatic carbocycles. The number of methoxy groups -OCH3 is 1. The van der Waals surface area contributed by atoms with Crippen molar-refractivity contribution in [2.75, 3.05) is 51.3 Å². The maximum Gasteiger partial charge on any atom is 0.257 e. The lowest BCUT2D eigenvalue weighted by Crippen LogP contribution is -2.52. The SMILES string of the molecule is COc1ccccc1N1CCN(C(=O)C2CCN(C(=O)c3ccoc3)CC2)CC1. The van der Waals surface area contributed by atoms with Crippen LogP contribution < -0.4 is 9.64 Å². The van der Waals surface area contributed by atoms with E-state index in [0.717, 1.165) is 37.4 Å². The van der Waals surface area contributed by atoms with Crippen LogP contribution in [0.25, 0.3) is 0 Å². The summed E-state index contributed by atoms with van der Waals surface area (Å²) in [6.07, 6.45) is 4.42. The van der Waals surface area contributed by atoms with Gasteiger partial charge in [-0.15, -0.1) is 0 Å². The molecule has 1 aromatic heterocycles. The summed E-state index contributed by atoms with van der Waals surface area (Å²) in [5.74, 6) is 1.07. The van der Waals surface area contributed by atoms with Crippen LogP contribution in [0, 0.1) is 5.92 Å². The van der Waals surface area contributed by atoms with Crippen molar-refractivity contribution in [3.63, 3.8) is 0 Å². The number of hydrogen-bond donors (Lipinski definition) is 0. The molecule has 2 amide bonds. The normalized spacial score (nSPS) is 18.0. The van der Waals surface area contributed by atoms with Crippen molar-refractivity contribution in [3.05, 3.63) is 48.4 Å². The molecule has 2 saturated heterocycles. The summed E-state index contributed by atoms with van der Waals surface area (Å²) in [7, 11) is 1.68. The Morgan fingerprint density at radius 3 is 2.34 bits per heavy atom. The van der Waals surface area contributed by atoms with Gasteiger partial charge in [-0.25, -0.2) is 0 Å². The standard InChI is InChI=1S/C22H27N3O4/c1-28-20-5-3-2-4-19(20)23-11-13-25(14-12-23)21(26)17-6-9-24(10-7-17)22(27)18-8-15-29-16-18/h2-5,8,15-17H,6-7,9-14H2,1H3. The molecule has 3 heterocycles. The number of nitrogens with zero attached hydrogens (tertiary/aromatic N) is 3. The fourth-order valence-electron chi connectivity index (χ4n) is 4.22. The number of piperazine rings is 1. The molecule has 0 saturated carbocycles. The first-order valence-electron chi connectivity index (χ1n) is 10.2. The van der Waals surface area contributed by atoms with Gasteiger partial charge in [-0.3, -0.25) is 9.59 Å². The van der Waals surface area contributed by atoms with Crippen LogP contribution >= 0.6 is 0 Å². The maximum absolute atomic E-state index is 13.0. The van der Waals surface area contributed by atoms with E-state index in [1.165, 1.54) is 12.5 Å². The van der Waals surface area contributed by atoms with Gasteiger partial charge in [0.25, 0.3) is 5.91 Å². The maximum atomic E-state index is 13.0. The number of rotatable bonds is 4. The third-order valence-electron chi connectivity index (χ3n) is 5.92. The third-order valence-corrected chi connectivity index (χ3v) is 5.92. The predicted octanol–water partition coefficient (Wildman–Crippen LogP) is 2.49. The molecule has 2 aromatic rings. The Hall–Kier alpha value is -2.96. The molecule has 7 nitrogen and oxygen atoms in total. The number of carbonyl (C=O) groups excluding carboxylic acids is 2. The molecule has 0 unspecified atom stereocenters. The van der Waals surface area contributed by atoms with Crippen molar-refractivity contribution in [2.24, 2.45) is 5.92 Å². The Kier molecular flexibility index (Phi) is 5.74. The van der Waals surface area contributed by atoms with Gasteiger partial charge in [-0.05, 0) is 31.0 Å². The highest BCUT2D eigenvalue weighted by atomic mass is 16.5. The lowest BCUT2D eigenvalue weighted by atomic mass is 9.94. The Morgan fingerprint density at radius 1 is 0.966 bits per heavy atom. The second-order valence-electron chi connectivity index (χ2n) is 7.56. The first kappa shape index (κ1) is 19.4. The van der Waals surface area contributed by atoms with Gasteiger partial charge < -0.3 is 23.9 Å². The lowest BCUT2D eigenvalue weighted by Gasteiger charge is -2.39. The number of piperidine rings is 1. The Bertz CT molecular complexity index is 836. The molecule has 2 aliphatic rings. The van der Waals surface area contributed by atoms with Gasteiger partial charge in [0.05, 0.1) is 24.6 Å². The van der Waals surface area contributed by atoms with Gasteiger partial charge in [0, 0.05) is 45.2 Å². The number of furan rings is 1. The number of amides is 2. The molecule has 154 valence electrons. The minimum atomic E-state index is -0.0185. The summed E-state index contributed by atoms with van der Waals surface area (Å²) in [6, 6.07) is 9.68. The van der Waals surface area contributed by atoms with Crippen molar-refractivity contribution >= 4 is 17.5 Å². The van der Waals surface area contributed by atoms with Crippen molar-refractivity contribution in [3.8, 4) is 5.75 Å². The van der Waals surface area contributed by atoms with E-state index in [1.54, 1.807) is 13.2 Å². The van der Waals surface area contributed by atoms with Gasteiger partial charge in [-0.1, -0.05) is 12.1 Å². The van der Waals surface area contributed by atoms with Crippen molar-refractivity contribution in [1.82, 2.24) is 9.80 Å². The van der Waals surface area contributed by atoms with Gasteiger partial charge in [0.2, 0.25) is 5.91 Å². The van der Waals surface area contributed by atoms with E-state index in [1.807, 2.05) is 28.0 Å². The molecule has 0 aliphatic carbocycles. The Morgan fingerprint density at radius 2 is 1.69 bits per heavy atom. The molecule has 0 N–H and O–H groups in total. The molecule has 0 bridgehead atoms. The van der Waals surface area contributed by atoms with E-state index in [2.05, 4.69) is 11.0 Å². The van der Waals surface area contributed by atoms with Crippen LogP contribution in [0.4, 0.5) is 5.69 Å². The number of hydrogen-bond acceptors (Lipinski definition) is 5. The highest BCUT2D eigenvalue weighted by Gasteiger charge is 2.32. The number of ether oxygens (including phenoxy) is 1. The fraction of sp³-hybridized carbons (Fsp3) is 0.455. The number of para-hydroxylation sites is 2. The lowest BCUT2D eigenvalue weighted by molar-refractivity contribution is -0.137. The van der Waals surface area contributed by atoms with Crippen LogP contribution in [0.2, 0.25) is 0 Å². The molecule has 29 heavy (non-hydrogen) atoms. The summed E-state index contributed by atoms with van der Waals surface area (Å²) >= 11 is 0. The molecular weight excluding hydrogens is 370 g/mol. The number of carbonyl (C=O) groups is 2. The van der Waals surface area contributed by atoms with Crippen molar-refractivity contribution in [1.29, 1.82) is 0 Å². The first-order valence-corrected chi connectivity index (χ1v) is 10.2. The fourth-order valence-corrected chi connectivity index (χ4v) is 4.22. The molecule has 0 atom stereocenters. The van der Waals surface area contributed by atoms with E-state index in [9.17, 15) is 9.59 Å². The van der Waals surface area contributed by atoms with Gasteiger partial charge >= 0.3 is 0 Å². The second kappa shape index (κ2) is 8.59. The van der Waals surface area contributed by atoms with Crippen LogP contribution in [0.3, 0.4) is 0 Å². The molecule has 7 heteroatoms. The molecule has 2 aliphatic heterocycles. The molecule has 4 rings (SSSR count). The van der Waals surface area contributed by atoms with E-state index < -0.39 is 0 Å². The summed E-state index contributed by atoms with van der Waals surface area (Å²) in [5, 5.41) is 0. The number of anilines is 1. The zero-order valence-corrected chi connectivity index (χ0v) is 16.8. The van der Waals surface area contributed by atoms with Crippen LogP contribution in [0.1, 0.15) is 23.2 Å². The highest BCUT2D eigenvalue weighted by molar-refractivity contribution is 5.94. The van der Waals surface area contributed by atoms with E-state index in [4.69, 9.17) is 9.15 Å². The van der Waals surface area contributed by atoms with E-state index in [-0.39, 0.29) is 17.7 Å². The molecule has 0 spiro atoms. The molecule has 2 fully saturated rings. The predicted molar refractivity (Wildman–Crippen MR) is 109 cm³/mol. The number of benzene rings is 1. The van der Waals surface area contributed by atoms with E-state index >= 15 is 0 Å². The van der Waals surface area contributed by atoms with Crippen LogP contribution in [-0.4, -0.2) is 68.0 Å². The smallest absolute Gasteiger partial charge is 0.257 e. The molecule has 0 radical (unpaired) electrons. The Balaban J connectivity index is 1.29. The van der Waals surface area contributed by atoms with Gasteiger partial charge in [0.15, 0.2) is 0 Å². The number of likely N-dealkylation sites (tertiary alicyclic amines) is 1. The van der Waals surface area contributed by atoms with Crippen LogP contribution in [0.5, 0.6) is 5.75 Å². The summed E-state index contributed by atoms with van der Waals surface area (Å²) in [5.41, 5.74) is 1.65. The highest BCUT2D eigenvalue weighted by Crippen LogP contribution is 2.29. The summed E-state index contributed by atoms with van der Waals surface area (Å²) < 4.78 is 10.5. The van der Waals surface area contributed by atoms with Crippen molar-refractivity contribution < 1.29 is 18.7 Å². The monoisotopic (exact) mass is 397 g/mol. The summed E-state index contributed by atoms with van der Waals surface area (Å²) in [6.45, 7) is 4.24. The molecular formula is C22H27N3O4. The average Bonchev–Trinajstić information content (AvgIpc) is 3.33.